The zero-order valence-corrected chi connectivity index (χ0v) is 8.65. The molecule has 2 N–H and O–H groups in total. The molecule has 1 aromatic heterocycles. The standard InChI is InChI=1S/C11H16N2O2/c14-8-4-2-6-11(15)13-9-10-5-1-3-7-12-10/h1,3,5,7,14H,2,4,6,8-9H2,(H,13,15). The van der Waals surface area contributed by atoms with Gasteiger partial charge in [0, 0.05) is 19.2 Å². The second-order valence-corrected chi connectivity index (χ2v) is 3.28. The first-order chi connectivity index (χ1) is 7.33. The molecule has 0 aliphatic rings. The van der Waals surface area contributed by atoms with Crippen LogP contribution in [0.25, 0.3) is 0 Å². The summed E-state index contributed by atoms with van der Waals surface area (Å²) in [5.41, 5.74) is 0.855. The lowest BCUT2D eigenvalue weighted by atomic mass is 10.2. The van der Waals surface area contributed by atoms with Crippen LogP contribution in [-0.2, 0) is 11.3 Å². The molecule has 0 spiro atoms. The van der Waals surface area contributed by atoms with Gasteiger partial charge in [0.15, 0.2) is 0 Å². The zero-order valence-electron chi connectivity index (χ0n) is 8.65. The molecule has 0 saturated carbocycles. The van der Waals surface area contributed by atoms with E-state index < -0.39 is 0 Å². The monoisotopic (exact) mass is 208 g/mol. The minimum Gasteiger partial charge on any atom is -0.396 e. The fourth-order valence-electron chi connectivity index (χ4n) is 1.18. The maximum Gasteiger partial charge on any atom is 0.220 e. The number of amides is 1. The maximum atomic E-state index is 11.3. The average Bonchev–Trinajstić information content (AvgIpc) is 2.28. The second kappa shape index (κ2) is 6.95. The molecule has 15 heavy (non-hydrogen) atoms. The molecule has 0 aliphatic carbocycles. The Kier molecular flexibility index (Phi) is 5.40. The van der Waals surface area contributed by atoms with Gasteiger partial charge in [-0.05, 0) is 25.0 Å². The highest BCUT2D eigenvalue weighted by molar-refractivity contribution is 5.75. The van der Waals surface area contributed by atoms with Crippen LogP contribution in [-0.4, -0.2) is 22.6 Å². The Bertz CT molecular complexity index is 288. The summed E-state index contributed by atoms with van der Waals surface area (Å²) in [5.74, 6) is 0.00843. The Morgan fingerprint density at radius 2 is 2.27 bits per heavy atom. The molecule has 1 aromatic rings. The van der Waals surface area contributed by atoms with E-state index in [-0.39, 0.29) is 12.5 Å². The first-order valence-corrected chi connectivity index (χ1v) is 5.10. The third kappa shape index (κ3) is 5.12. The van der Waals surface area contributed by atoms with Gasteiger partial charge in [0.1, 0.15) is 0 Å². The van der Waals surface area contributed by atoms with E-state index in [0.29, 0.717) is 19.4 Å². The zero-order chi connectivity index (χ0) is 10.9. The lowest BCUT2D eigenvalue weighted by molar-refractivity contribution is -0.121. The molecule has 4 nitrogen and oxygen atoms in total. The minimum atomic E-state index is 0.00843. The van der Waals surface area contributed by atoms with Gasteiger partial charge >= 0.3 is 0 Å². The van der Waals surface area contributed by atoms with E-state index in [2.05, 4.69) is 10.3 Å². The molecule has 0 bridgehead atoms. The molecule has 0 unspecified atom stereocenters. The first-order valence-electron chi connectivity index (χ1n) is 5.10. The van der Waals surface area contributed by atoms with Gasteiger partial charge in [0.2, 0.25) is 5.91 Å². The summed E-state index contributed by atoms with van der Waals surface area (Å²) in [4.78, 5) is 15.4. The fraction of sp³-hybridized carbons (Fsp3) is 0.455. The fourth-order valence-corrected chi connectivity index (χ4v) is 1.18. The molecule has 1 heterocycles. The summed E-state index contributed by atoms with van der Waals surface area (Å²) in [6.07, 6.45) is 3.57. The Labute approximate surface area is 89.3 Å². The number of rotatable bonds is 6. The van der Waals surface area contributed by atoms with Crippen LogP contribution in [0.15, 0.2) is 24.4 Å². The Balaban J connectivity index is 2.17. The minimum absolute atomic E-state index is 0.00843. The summed E-state index contributed by atoms with van der Waals surface area (Å²) < 4.78 is 0. The van der Waals surface area contributed by atoms with Crippen molar-refractivity contribution >= 4 is 5.91 Å². The van der Waals surface area contributed by atoms with Gasteiger partial charge in [-0.2, -0.15) is 0 Å². The van der Waals surface area contributed by atoms with Crippen LogP contribution in [0.4, 0.5) is 0 Å². The van der Waals surface area contributed by atoms with Crippen molar-refractivity contribution in [3.8, 4) is 0 Å². The summed E-state index contributed by atoms with van der Waals surface area (Å²) >= 11 is 0. The summed E-state index contributed by atoms with van der Waals surface area (Å²) in [7, 11) is 0. The number of hydrogen-bond donors (Lipinski definition) is 2. The molecule has 82 valence electrons. The van der Waals surface area contributed by atoms with Crippen molar-refractivity contribution in [1.29, 1.82) is 0 Å². The van der Waals surface area contributed by atoms with E-state index in [1.54, 1.807) is 6.20 Å². The van der Waals surface area contributed by atoms with Crippen molar-refractivity contribution in [1.82, 2.24) is 10.3 Å². The smallest absolute Gasteiger partial charge is 0.220 e. The number of nitrogens with zero attached hydrogens (tertiary/aromatic N) is 1. The highest BCUT2D eigenvalue weighted by Gasteiger charge is 2.00. The number of carbonyl (C=O) groups excluding carboxylic acids is 1. The van der Waals surface area contributed by atoms with Crippen LogP contribution in [0.5, 0.6) is 0 Å². The van der Waals surface area contributed by atoms with Crippen LogP contribution in [0, 0.1) is 0 Å². The molecule has 0 fully saturated rings. The Hall–Kier alpha value is -1.42. The Morgan fingerprint density at radius 1 is 1.40 bits per heavy atom. The normalized spacial score (nSPS) is 9.93. The molecule has 0 aliphatic heterocycles. The predicted octanol–water partition coefficient (Wildman–Crippen LogP) is 0.860. The number of aliphatic hydroxyl groups is 1. The third-order valence-corrected chi connectivity index (χ3v) is 2.00. The van der Waals surface area contributed by atoms with Gasteiger partial charge in [-0.25, -0.2) is 0 Å². The lowest BCUT2D eigenvalue weighted by Gasteiger charge is -2.03. The molecule has 1 amide bonds. The molecule has 0 aromatic carbocycles. The number of carbonyl (C=O) groups is 1. The van der Waals surface area contributed by atoms with Crippen molar-refractivity contribution < 1.29 is 9.90 Å². The van der Waals surface area contributed by atoms with Crippen LogP contribution in [0.3, 0.4) is 0 Å². The van der Waals surface area contributed by atoms with E-state index in [4.69, 9.17) is 5.11 Å². The van der Waals surface area contributed by atoms with Gasteiger partial charge in [-0.15, -0.1) is 0 Å². The molecular weight excluding hydrogens is 192 g/mol. The predicted molar refractivity (Wildman–Crippen MR) is 57.0 cm³/mol. The van der Waals surface area contributed by atoms with E-state index in [0.717, 1.165) is 12.1 Å². The molecule has 0 atom stereocenters. The number of hydrogen-bond acceptors (Lipinski definition) is 3. The first kappa shape index (κ1) is 11.7. The van der Waals surface area contributed by atoms with Crippen LogP contribution >= 0.6 is 0 Å². The molecular formula is C11H16N2O2. The van der Waals surface area contributed by atoms with Crippen molar-refractivity contribution in [2.75, 3.05) is 6.61 Å². The Morgan fingerprint density at radius 3 is 2.93 bits per heavy atom. The van der Waals surface area contributed by atoms with Crippen molar-refractivity contribution in [3.63, 3.8) is 0 Å². The van der Waals surface area contributed by atoms with Gasteiger partial charge < -0.3 is 10.4 Å². The maximum absolute atomic E-state index is 11.3. The topological polar surface area (TPSA) is 62.2 Å². The lowest BCUT2D eigenvalue weighted by Crippen LogP contribution is -2.22. The van der Waals surface area contributed by atoms with E-state index in [9.17, 15) is 4.79 Å². The highest BCUT2D eigenvalue weighted by Crippen LogP contribution is 1.96. The van der Waals surface area contributed by atoms with Crippen molar-refractivity contribution in [2.45, 2.75) is 25.8 Å². The molecule has 4 heteroatoms. The number of nitrogens with one attached hydrogen (secondary N) is 1. The number of unbranched alkanes of at least 4 members (excludes halogenated alkanes) is 1. The van der Waals surface area contributed by atoms with E-state index in [1.165, 1.54) is 0 Å². The second-order valence-electron chi connectivity index (χ2n) is 3.28. The van der Waals surface area contributed by atoms with Crippen LogP contribution in [0.1, 0.15) is 25.0 Å². The third-order valence-electron chi connectivity index (χ3n) is 2.00. The summed E-state index contributed by atoms with van der Waals surface area (Å²) in [5, 5.41) is 11.3. The SMILES string of the molecule is O=C(CCCCO)NCc1ccccn1. The van der Waals surface area contributed by atoms with Crippen LogP contribution < -0.4 is 5.32 Å². The largest absolute Gasteiger partial charge is 0.396 e. The molecule has 0 radical (unpaired) electrons. The number of aromatic nitrogens is 1. The average molecular weight is 208 g/mol. The van der Waals surface area contributed by atoms with Gasteiger partial charge in [-0.3, -0.25) is 9.78 Å². The van der Waals surface area contributed by atoms with Gasteiger partial charge in [0.05, 0.1) is 12.2 Å². The van der Waals surface area contributed by atoms with E-state index in [1.807, 2.05) is 18.2 Å². The number of pyridine rings is 1. The van der Waals surface area contributed by atoms with Gasteiger partial charge in [-0.1, -0.05) is 6.07 Å². The van der Waals surface area contributed by atoms with Gasteiger partial charge in [0.25, 0.3) is 0 Å². The van der Waals surface area contributed by atoms with Crippen molar-refractivity contribution in [2.24, 2.45) is 0 Å². The number of aliphatic hydroxyl groups excluding tert-OH is 1. The summed E-state index contributed by atoms with van der Waals surface area (Å²) in [6, 6.07) is 5.60. The van der Waals surface area contributed by atoms with Crippen LogP contribution in [0.2, 0.25) is 0 Å². The summed E-state index contributed by atoms with van der Waals surface area (Å²) in [6.45, 7) is 0.617. The van der Waals surface area contributed by atoms with Crippen molar-refractivity contribution in [3.05, 3.63) is 30.1 Å². The molecule has 0 saturated heterocycles. The quantitative estimate of drug-likeness (QED) is 0.681. The molecule has 1 rings (SSSR count). The van der Waals surface area contributed by atoms with E-state index >= 15 is 0 Å². The highest BCUT2D eigenvalue weighted by atomic mass is 16.2.